The first kappa shape index (κ1) is 12.8. The van der Waals surface area contributed by atoms with Gasteiger partial charge in [0.25, 0.3) is 0 Å². The number of hydrogen-bond acceptors (Lipinski definition) is 3. The molecule has 2 fully saturated rings. The van der Waals surface area contributed by atoms with Crippen LogP contribution in [-0.2, 0) is 4.79 Å². The number of hydrogen-bond donors (Lipinski definition) is 2. The first-order valence-corrected chi connectivity index (χ1v) is 6.96. The molecule has 1 amide bonds. The van der Waals surface area contributed by atoms with E-state index in [4.69, 9.17) is 0 Å². The number of nitrogens with one attached hydrogen (secondary N) is 2. The fourth-order valence-electron chi connectivity index (χ4n) is 2.77. The summed E-state index contributed by atoms with van der Waals surface area (Å²) in [4.78, 5) is 14.3. The largest absolute Gasteiger partial charge is 0.356 e. The number of carbonyl (C=O) groups excluding carboxylic acids is 1. The van der Waals surface area contributed by atoms with E-state index in [2.05, 4.69) is 22.5 Å². The fraction of sp³-hybridized carbons (Fsp3) is 0.923. The molecule has 2 aliphatic heterocycles. The van der Waals surface area contributed by atoms with Gasteiger partial charge in [-0.2, -0.15) is 0 Å². The third-order valence-corrected chi connectivity index (χ3v) is 3.82. The Morgan fingerprint density at radius 1 is 1.47 bits per heavy atom. The molecule has 2 rings (SSSR count). The summed E-state index contributed by atoms with van der Waals surface area (Å²) in [6.45, 7) is 8.50. The first-order valence-electron chi connectivity index (χ1n) is 6.96. The maximum Gasteiger partial charge on any atom is 0.224 e. The highest BCUT2D eigenvalue weighted by molar-refractivity contribution is 5.79. The second-order valence-corrected chi connectivity index (χ2v) is 5.55. The minimum Gasteiger partial charge on any atom is -0.356 e. The Balaban J connectivity index is 1.61. The average Bonchev–Trinajstić information content (AvgIpc) is 2.97. The van der Waals surface area contributed by atoms with Gasteiger partial charge in [-0.3, -0.25) is 4.79 Å². The SMILES string of the molecule is CC(CNC(=O)C1CCNC1)CN1CCCC1. The fourth-order valence-corrected chi connectivity index (χ4v) is 2.77. The summed E-state index contributed by atoms with van der Waals surface area (Å²) in [7, 11) is 0. The van der Waals surface area contributed by atoms with Gasteiger partial charge >= 0.3 is 0 Å². The lowest BCUT2D eigenvalue weighted by Crippen LogP contribution is -2.37. The van der Waals surface area contributed by atoms with Crippen molar-refractivity contribution in [3.05, 3.63) is 0 Å². The molecule has 2 aliphatic rings. The Labute approximate surface area is 104 Å². The molecule has 0 aromatic rings. The standard InChI is InChI=1S/C13H25N3O/c1-11(10-16-6-2-3-7-16)8-15-13(17)12-4-5-14-9-12/h11-12,14H,2-10H2,1H3,(H,15,17). The summed E-state index contributed by atoms with van der Waals surface area (Å²) < 4.78 is 0. The van der Waals surface area contributed by atoms with Crippen LogP contribution in [0.5, 0.6) is 0 Å². The van der Waals surface area contributed by atoms with Gasteiger partial charge in [0.1, 0.15) is 0 Å². The quantitative estimate of drug-likeness (QED) is 0.732. The highest BCUT2D eigenvalue weighted by Gasteiger charge is 2.22. The zero-order chi connectivity index (χ0) is 12.1. The molecule has 4 heteroatoms. The van der Waals surface area contributed by atoms with E-state index in [0.717, 1.165) is 32.6 Å². The molecule has 0 spiro atoms. The molecule has 2 unspecified atom stereocenters. The van der Waals surface area contributed by atoms with Gasteiger partial charge in [0.15, 0.2) is 0 Å². The monoisotopic (exact) mass is 239 g/mol. The number of amides is 1. The van der Waals surface area contributed by atoms with Crippen molar-refractivity contribution in [3.8, 4) is 0 Å². The molecule has 98 valence electrons. The van der Waals surface area contributed by atoms with E-state index < -0.39 is 0 Å². The topological polar surface area (TPSA) is 44.4 Å². The zero-order valence-electron chi connectivity index (χ0n) is 10.9. The van der Waals surface area contributed by atoms with Gasteiger partial charge in [-0.05, 0) is 44.8 Å². The highest BCUT2D eigenvalue weighted by Crippen LogP contribution is 2.10. The number of rotatable bonds is 5. The third-order valence-electron chi connectivity index (χ3n) is 3.82. The van der Waals surface area contributed by atoms with Crippen molar-refractivity contribution >= 4 is 5.91 Å². The lowest BCUT2D eigenvalue weighted by Gasteiger charge is -2.21. The maximum absolute atomic E-state index is 11.8. The Hall–Kier alpha value is -0.610. The van der Waals surface area contributed by atoms with E-state index in [1.807, 2.05) is 0 Å². The molecule has 17 heavy (non-hydrogen) atoms. The van der Waals surface area contributed by atoms with E-state index in [1.54, 1.807) is 0 Å². The Kier molecular flexibility index (Phi) is 4.80. The number of carbonyl (C=O) groups is 1. The molecule has 0 radical (unpaired) electrons. The molecule has 4 nitrogen and oxygen atoms in total. The second kappa shape index (κ2) is 6.36. The minimum absolute atomic E-state index is 0.203. The molecule has 2 heterocycles. The molecule has 0 aromatic carbocycles. The van der Waals surface area contributed by atoms with E-state index in [0.29, 0.717) is 5.92 Å². The molecule has 0 bridgehead atoms. The molecule has 0 aliphatic carbocycles. The van der Waals surface area contributed by atoms with E-state index in [9.17, 15) is 4.79 Å². The van der Waals surface area contributed by atoms with Gasteiger partial charge in [0.2, 0.25) is 5.91 Å². The van der Waals surface area contributed by atoms with Gasteiger partial charge in [0.05, 0.1) is 5.92 Å². The molecule has 0 saturated carbocycles. The third kappa shape index (κ3) is 3.96. The summed E-state index contributed by atoms with van der Waals surface area (Å²) in [6, 6.07) is 0. The van der Waals surface area contributed by atoms with Crippen molar-refractivity contribution in [2.75, 3.05) is 39.3 Å². The van der Waals surface area contributed by atoms with E-state index in [1.165, 1.54) is 25.9 Å². The summed E-state index contributed by atoms with van der Waals surface area (Å²) in [5, 5.41) is 6.32. The number of likely N-dealkylation sites (tertiary alicyclic amines) is 1. The van der Waals surface area contributed by atoms with Crippen LogP contribution in [0.4, 0.5) is 0 Å². The average molecular weight is 239 g/mol. The molecular formula is C13H25N3O. The van der Waals surface area contributed by atoms with Gasteiger partial charge in [0, 0.05) is 19.6 Å². The van der Waals surface area contributed by atoms with Crippen molar-refractivity contribution in [1.82, 2.24) is 15.5 Å². The van der Waals surface area contributed by atoms with Crippen molar-refractivity contribution < 1.29 is 4.79 Å². The normalized spacial score (nSPS) is 27.2. The summed E-state index contributed by atoms with van der Waals surface area (Å²) >= 11 is 0. The van der Waals surface area contributed by atoms with Crippen LogP contribution in [0.2, 0.25) is 0 Å². The van der Waals surface area contributed by atoms with E-state index >= 15 is 0 Å². The van der Waals surface area contributed by atoms with Crippen LogP contribution < -0.4 is 10.6 Å². The highest BCUT2D eigenvalue weighted by atomic mass is 16.1. The van der Waals surface area contributed by atoms with Crippen LogP contribution in [0, 0.1) is 11.8 Å². The number of nitrogens with zero attached hydrogens (tertiary/aromatic N) is 1. The van der Waals surface area contributed by atoms with Crippen LogP contribution in [-0.4, -0.2) is 50.1 Å². The summed E-state index contributed by atoms with van der Waals surface area (Å²) in [5.74, 6) is 1.00. The van der Waals surface area contributed by atoms with Crippen molar-refractivity contribution in [3.63, 3.8) is 0 Å². The van der Waals surface area contributed by atoms with Crippen LogP contribution >= 0.6 is 0 Å². The summed E-state index contributed by atoms with van der Waals surface area (Å²) in [6.07, 6.45) is 3.67. The molecule has 2 atom stereocenters. The molecule has 0 aromatic heterocycles. The van der Waals surface area contributed by atoms with Crippen molar-refractivity contribution in [1.29, 1.82) is 0 Å². The van der Waals surface area contributed by atoms with Crippen LogP contribution in [0.1, 0.15) is 26.2 Å². The Morgan fingerprint density at radius 2 is 2.24 bits per heavy atom. The molecule has 2 N–H and O–H groups in total. The van der Waals surface area contributed by atoms with Crippen LogP contribution in [0.25, 0.3) is 0 Å². The summed E-state index contributed by atoms with van der Waals surface area (Å²) in [5.41, 5.74) is 0. The minimum atomic E-state index is 0.203. The maximum atomic E-state index is 11.8. The van der Waals surface area contributed by atoms with Crippen LogP contribution in [0.3, 0.4) is 0 Å². The van der Waals surface area contributed by atoms with Crippen molar-refractivity contribution in [2.24, 2.45) is 11.8 Å². The Bertz CT molecular complexity index is 245. The van der Waals surface area contributed by atoms with Gasteiger partial charge in [-0.25, -0.2) is 0 Å². The predicted molar refractivity (Wildman–Crippen MR) is 68.8 cm³/mol. The molecule has 2 saturated heterocycles. The first-order chi connectivity index (χ1) is 8.25. The zero-order valence-corrected chi connectivity index (χ0v) is 10.9. The van der Waals surface area contributed by atoms with E-state index in [-0.39, 0.29) is 11.8 Å². The van der Waals surface area contributed by atoms with Gasteiger partial charge < -0.3 is 15.5 Å². The van der Waals surface area contributed by atoms with Crippen LogP contribution in [0.15, 0.2) is 0 Å². The van der Waals surface area contributed by atoms with Crippen molar-refractivity contribution in [2.45, 2.75) is 26.2 Å². The Morgan fingerprint density at radius 3 is 2.88 bits per heavy atom. The van der Waals surface area contributed by atoms with Gasteiger partial charge in [-0.15, -0.1) is 0 Å². The lowest BCUT2D eigenvalue weighted by molar-refractivity contribution is -0.124. The second-order valence-electron chi connectivity index (χ2n) is 5.55. The van der Waals surface area contributed by atoms with Gasteiger partial charge in [-0.1, -0.05) is 6.92 Å². The molecular weight excluding hydrogens is 214 g/mol. The predicted octanol–water partition coefficient (Wildman–Crippen LogP) is 0.444. The lowest BCUT2D eigenvalue weighted by atomic mass is 10.1. The smallest absolute Gasteiger partial charge is 0.224 e.